The number of hydrogen-bond acceptors (Lipinski definition) is 3. The topological polar surface area (TPSA) is 45.9 Å². The smallest absolute Gasteiger partial charge is 0.258 e. The molecule has 1 aromatic heterocycles. The van der Waals surface area contributed by atoms with E-state index in [2.05, 4.69) is 10.3 Å². The summed E-state index contributed by atoms with van der Waals surface area (Å²) in [7, 11) is 0. The summed E-state index contributed by atoms with van der Waals surface area (Å²) in [6.07, 6.45) is 2.62. The molecule has 0 radical (unpaired) electrons. The first-order valence-corrected chi connectivity index (χ1v) is 4.86. The van der Waals surface area contributed by atoms with Crippen LogP contribution in [0.3, 0.4) is 0 Å². The Labute approximate surface area is 83.0 Å². The van der Waals surface area contributed by atoms with Crippen LogP contribution in [-0.4, -0.2) is 16.9 Å². The Morgan fingerprint density at radius 3 is 3.00 bits per heavy atom. The third-order valence-electron chi connectivity index (χ3n) is 2.44. The number of rotatable bonds is 1. The fraction of sp³-hybridized carbons (Fsp3) is 0.500. The van der Waals surface area contributed by atoms with Gasteiger partial charge in [0.15, 0.2) is 6.04 Å². The Balaban J connectivity index is 2.61. The van der Waals surface area contributed by atoms with Gasteiger partial charge in [-0.1, -0.05) is 6.92 Å². The number of aryl methyl sites for hydroxylation is 2. The standard InChI is InChI=1S/C10H13N3O/c1-4-8-9-12-7(3)10(14)13(9)5-6(2)11-8/h5,7H,4H2,1-3H3/p+1. The molecule has 1 aliphatic heterocycles. The van der Waals surface area contributed by atoms with Crippen molar-refractivity contribution in [3.63, 3.8) is 0 Å². The number of carbonyl (C=O) groups excluding carboxylic acids is 1. The van der Waals surface area contributed by atoms with Gasteiger partial charge < -0.3 is 0 Å². The van der Waals surface area contributed by atoms with Crippen LogP contribution in [0.4, 0.5) is 5.82 Å². The van der Waals surface area contributed by atoms with Gasteiger partial charge in [-0.15, -0.1) is 0 Å². The molecular formula is C10H14N3O+. The predicted molar refractivity (Wildman–Crippen MR) is 52.3 cm³/mol. The van der Waals surface area contributed by atoms with E-state index in [-0.39, 0.29) is 11.9 Å². The SMILES string of the molecule is CCc1nc(C)c[n+]2c1NC(C)C2=O. The van der Waals surface area contributed by atoms with Crippen molar-refractivity contribution >= 4 is 11.7 Å². The van der Waals surface area contributed by atoms with Gasteiger partial charge in [-0.2, -0.15) is 4.57 Å². The molecule has 0 aliphatic carbocycles. The van der Waals surface area contributed by atoms with Gasteiger partial charge in [0, 0.05) is 0 Å². The molecule has 0 saturated carbocycles. The molecule has 4 nitrogen and oxygen atoms in total. The summed E-state index contributed by atoms with van der Waals surface area (Å²) >= 11 is 0. The largest absolute Gasteiger partial charge is 0.358 e. The molecule has 1 unspecified atom stereocenters. The van der Waals surface area contributed by atoms with E-state index in [1.165, 1.54) is 0 Å². The summed E-state index contributed by atoms with van der Waals surface area (Å²) in [6.45, 7) is 5.81. The minimum Gasteiger partial charge on any atom is -0.258 e. The lowest BCUT2D eigenvalue weighted by molar-refractivity contribution is -0.553. The van der Waals surface area contributed by atoms with Crippen molar-refractivity contribution in [2.24, 2.45) is 0 Å². The van der Waals surface area contributed by atoms with Gasteiger partial charge in [-0.05, 0) is 20.3 Å². The average Bonchev–Trinajstić information content (AvgIpc) is 2.43. The summed E-state index contributed by atoms with van der Waals surface area (Å²) < 4.78 is 1.67. The van der Waals surface area contributed by atoms with E-state index in [0.717, 1.165) is 23.6 Å². The Bertz CT molecular complexity index is 401. The molecule has 1 N–H and O–H groups in total. The van der Waals surface area contributed by atoms with Crippen LogP contribution in [0.25, 0.3) is 0 Å². The molecule has 0 saturated heterocycles. The van der Waals surface area contributed by atoms with Crippen molar-refractivity contribution < 1.29 is 9.36 Å². The zero-order valence-corrected chi connectivity index (χ0v) is 8.66. The molecule has 74 valence electrons. The molecule has 0 fully saturated rings. The molecule has 1 aromatic rings. The summed E-state index contributed by atoms with van der Waals surface area (Å²) in [5.74, 6) is 0.954. The van der Waals surface area contributed by atoms with Gasteiger partial charge in [0.1, 0.15) is 11.9 Å². The van der Waals surface area contributed by atoms with Gasteiger partial charge in [0.05, 0.1) is 5.69 Å². The van der Waals surface area contributed by atoms with Crippen molar-refractivity contribution in [3.8, 4) is 0 Å². The zero-order chi connectivity index (χ0) is 10.3. The van der Waals surface area contributed by atoms with Crippen LogP contribution >= 0.6 is 0 Å². The van der Waals surface area contributed by atoms with E-state index in [0.29, 0.717) is 0 Å². The number of nitrogens with one attached hydrogen (secondary N) is 1. The number of carbonyl (C=O) groups is 1. The van der Waals surface area contributed by atoms with Crippen LogP contribution in [0, 0.1) is 6.92 Å². The summed E-state index contributed by atoms with van der Waals surface area (Å²) in [4.78, 5) is 16.1. The van der Waals surface area contributed by atoms with Crippen LogP contribution in [0.5, 0.6) is 0 Å². The molecule has 1 aliphatic rings. The van der Waals surface area contributed by atoms with Gasteiger partial charge in [0.25, 0.3) is 0 Å². The lowest BCUT2D eigenvalue weighted by atomic mass is 10.3. The van der Waals surface area contributed by atoms with Crippen molar-refractivity contribution in [2.45, 2.75) is 33.2 Å². The highest BCUT2D eigenvalue weighted by atomic mass is 16.2. The second-order valence-electron chi connectivity index (χ2n) is 3.61. The van der Waals surface area contributed by atoms with Crippen LogP contribution in [0.15, 0.2) is 6.20 Å². The summed E-state index contributed by atoms with van der Waals surface area (Å²) in [5, 5.41) is 3.14. The molecule has 1 atom stereocenters. The summed E-state index contributed by atoms with van der Waals surface area (Å²) in [5.41, 5.74) is 1.84. The number of aromatic nitrogens is 2. The molecule has 0 bridgehead atoms. The second-order valence-corrected chi connectivity index (χ2v) is 3.61. The van der Waals surface area contributed by atoms with E-state index in [1.807, 2.05) is 20.8 Å². The first kappa shape index (κ1) is 9.12. The van der Waals surface area contributed by atoms with E-state index < -0.39 is 0 Å². The van der Waals surface area contributed by atoms with Crippen LogP contribution in [-0.2, 0) is 6.42 Å². The Kier molecular flexibility index (Phi) is 1.98. The van der Waals surface area contributed by atoms with Gasteiger partial charge in [-0.3, -0.25) is 5.32 Å². The monoisotopic (exact) mass is 192 g/mol. The fourth-order valence-electron chi connectivity index (χ4n) is 1.73. The van der Waals surface area contributed by atoms with E-state index in [9.17, 15) is 4.79 Å². The molecule has 14 heavy (non-hydrogen) atoms. The summed E-state index contributed by atoms with van der Waals surface area (Å²) in [6, 6.07) is -0.135. The second kappa shape index (κ2) is 3.04. The highest BCUT2D eigenvalue weighted by molar-refractivity contribution is 5.81. The number of nitrogens with zero attached hydrogens (tertiary/aromatic N) is 2. The zero-order valence-electron chi connectivity index (χ0n) is 8.66. The quantitative estimate of drug-likeness (QED) is 0.666. The van der Waals surface area contributed by atoms with Crippen molar-refractivity contribution in [3.05, 3.63) is 17.6 Å². The lowest BCUT2D eigenvalue weighted by Gasteiger charge is -2.00. The molecule has 4 heteroatoms. The number of hydrogen-bond donors (Lipinski definition) is 1. The van der Waals surface area contributed by atoms with E-state index >= 15 is 0 Å². The van der Waals surface area contributed by atoms with E-state index in [1.54, 1.807) is 10.8 Å². The van der Waals surface area contributed by atoms with Crippen molar-refractivity contribution in [1.29, 1.82) is 0 Å². The lowest BCUT2D eigenvalue weighted by Crippen LogP contribution is -2.42. The maximum Gasteiger partial charge on any atom is 0.358 e. The minimum atomic E-state index is -0.135. The number of fused-ring (bicyclic) bond motifs is 1. The Morgan fingerprint density at radius 1 is 1.64 bits per heavy atom. The normalized spacial score (nSPS) is 19.4. The third kappa shape index (κ3) is 1.18. The van der Waals surface area contributed by atoms with Crippen LogP contribution in [0.2, 0.25) is 0 Å². The minimum absolute atomic E-state index is 0.0974. The maximum absolute atomic E-state index is 11.7. The Hall–Kier alpha value is -1.45. The average molecular weight is 192 g/mol. The third-order valence-corrected chi connectivity index (χ3v) is 2.44. The molecule has 2 rings (SSSR count). The highest BCUT2D eigenvalue weighted by Gasteiger charge is 2.36. The Morgan fingerprint density at radius 2 is 2.36 bits per heavy atom. The van der Waals surface area contributed by atoms with Crippen LogP contribution < -0.4 is 9.88 Å². The molecule has 2 heterocycles. The molecule has 0 aromatic carbocycles. The predicted octanol–water partition coefficient (Wildman–Crippen LogP) is 0.694. The van der Waals surface area contributed by atoms with Gasteiger partial charge >= 0.3 is 11.7 Å². The van der Waals surface area contributed by atoms with Crippen molar-refractivity contribution in [1.82, 2.24) is 4.98 Å². The number of anilines is 1. The maximum atomic E-state index is 11.7. The molecule has 0 spiro atoms. The molecule has 0 amide bonds. The van der Waals surface area contributed by atoms with Gasteiger partial charge in [-0.25, -0.2) is 9.78 Å². The molecular weight excluding hydrogens is 178 g/mol. The fourth-order valence-corrected chi connectivity index (χ4v) is 1.73. The van der Waals surface area contributed by atoms with Crippen LogP contribution in [0.1, 0.15) is 30.0 Å². The van der Waals surface area contributed by atoms with Gasteiger partial charge in [0.2, 0.25) is 0 Å². The first-order valence-electron chi connectivity index (χ1n) is 4.86. The first-order chi connectivity index (χ1) is 6.63. The van der Waals surface area contributed by atoms with Crippen molar-refractivity contribution in [2.75, 3.05) is 5.32 Å². The van der Waals surface area contributed by atoms with E-state index in [4.69, 9.17) is 0 Å². The highest BCUT2D eigenvalue weighted by Crippen LogP contribution is 2.15.